The SMILES string of the molecule is NC(=O)c1ccc2c(c1)N=CC1=CCCN1C2. The number of allylic oxidation sites excluding steroid dienone is 1. The van der Waals surface area contributed by atoms with Gasteiger partial charge in [0, 0.05) is 18.7 Å². The lowest BCUT2D eigenvalue weighted by Crippen LogP contribution is -2.18. The van der Waals surface area contributed by atoms with Crippen molar-refractivity contribution in [2.24, 2.45) is 10.7 Å². The standard InChI is InChI=1S/C13H13N3O/c14-13(17)9-3-4-10-8-16-5-1-2-11(16)7-15-12(10)6-9/h2-4,6-7H,1,5,8H2,(H2,14,17). The second kappa shape index (κ2) is 3.73. The highest BCUT2D eigenvalue weighted by molar-refractivity contribution is 5.94. The van der Waals surface area contributed by atoms with Crippen molar-refractivity contribution in [3.8, 4) is 0 Å². The fourth-order valence-corrected chi connectivity index (χ4v) is 2.24. The van der Waals surface area contributed by atoms with Crippen molar-refractivity contribution in [3.63, 3.8) is 0 Å². The van der Waals surface area contributed by atoms with Gasteiger partial charge in [-0.1, -0.05) is 12.1 Å². The maximum absolute atomic E-state index is 11.1. The van der Waals surface area contributed by atoms with Crippen molar-refractivity contribution in [2.75, 3.05) is 6.54 Å². The van der Waals surface area contributed by atoms with Crippen LogP contribution in [0.2, 0.25) is 0 Å². The average Bonchev–Trinajstić information content (AvgIpc) is 2.68. The van der Waals surface area contributed by atoms with Crippen LogP contribution in [0.1, 0.15) is 22.3 Å². The Bertz CT molecular complexity index is 546. The number of hydrogen-bond donors (Lipinski definition) is 1. The van der Waals surface area contributed by atoms with Crippen molar-refractivity contribution >= 4 is 17.8 Å². The number of nitrogens with two attached hydrogens (primary N) is 1. The quantitative estimate of drug-likeness (QED) is 0.792. The first-order chi connectivity index (χ1) is 8.24. The van der Waals surface area contributed by atoms with E-state index in [0.717, 1.165) is 30.8 Å². The Hall–Kier alpha value is -2.10. The average molecular weight is 227 g/mol. The molecule has 0 saturated carbocycles. The van der Waals surface area contributed by atoms with Crippen LogP contribution in [0.4, 0.5) is 5.69 Å². The third-order valence-electron chi connectivity index (χ3n) is 3.18. The molecule has 0 spiro atoms. The summed E-state index contributed by atoms with van der Waals surface area (Å²) in [6.07, 6.45) is 5.13. The lowest BCUT2D eigenvalue weighted by molar-refractivity contribution is 0.100. The zero-order chi connectivity index (χ0) is 11.8. The van der Waals surface area contributed by atoms with E-state index in [9.17, 15) is 4.79 Å². The molecule has 2 aliphatic heterocycles. The molecule has 4 heteroatoms. The third kappa shape index (κ3) is 1.71. The number of nitrogens with zero attached hydrogens (tertiary/aromatic N) is 2. The molecule has 2 heterocycles. The van der Waals surface area contributed by atoms with Crippen LogP contribution in [0.25, 0.3) is 0 Å². The molecule has 0 atom stereocenters. The third-order valence-corrected chi connectivity index (χ3v) is 3.18. The summed E-state index contributed by atoms with van der Waals surface area (Å²) in [5.41, 5.74) is 8.92. The van der Waals surface area contributed by atoms with Gasteiger partial charge in [0.15, 0.2) is 0 Å². The lowest BCUT2D eigenvalue weighted by atomic mass is 10.1. The van der Waals surface area contributed by atoms with Crippen LogP contribution in [0.3, 0.4) is 0 Å². The monoisotopic (exact) mass is 227 g/mol. The van der Waals surface area contributed by atoms with E-state index in [1.807, 2.05) is 12.3 Å². The zero-order valence-corrected chi connectivity index (χ0v) is 9.39. The van der Waals surface area contributed by atoms with E-state index in [4.69, 9.17) is 5.73 Å². The van der Waals surface area contributed by atoms with Crippen LogP contribution in [0, 0.1) is 0 Å². The van der Waals surface area contributed by atoms with Crippen LogP contribution >= 0.6 is 0 Å². The summed E-state index contributed by atoms with van der Waals surface area (Å²) >= 11 is 0. The van der Waals surface area contributed by atoms with Crippen molar-refractivity contribution in [1.82, 2.24) is 4.90 Å². The summed E-state index contributed by atoms with van der Waals surface area (Å²) in [7, 11) is 0. The van der Waals surface area contributed by atoms with Crippen LogP contribution in [-0.4, -0.2) is 23.6 Å². The van der Waals surface area contributed by atoms with E-state index in [1.54, 1.807) is 12.1 Å². The number of fused-ring (bicyclic) bond motifs is 2. The number of carbonyl (C=O) groups is 1. The highest BCUT2D eigenvalue weighted by Crippen LogP contribution is 2.28. The first kappa shape index (κ1) is 10.1. The van der Waals surface area contributed by atoms with Gasteiger partial charge in [0.05, 0.1) is 17.6 Å². The van der Waals surface area contributed by atoms with Gasteiger partial charge < -0.3 is 10.6 Å². The number of carbonyl (C=O) groups excluding carboxylic acids is 1. The summed E-state index contributed by atoms with van der Waals surface area (Å²) in [4.78, 5) is 17.8. The molecule has 3 rings (SSSR count). The zero-order valence-electron chi connectivity index (χ0n) is 9.39. The summed E-state index contributed by atoms with van der Waals surface area (Å²) in [5.74, 6) is -0.410. The van der Waals surface area contributed by atoms with Gasteiger partial charge in [-0.2, -0.15) is 0 Å². The van der Waals surface area contributed by atoms with Crippen LogP contribution in [0.5, 0.6) is 0 Å². The first-order valence-corrected chi connectivity index (χ1v) is 5.66. The normalized spacial score (nSPS) is 17.2. The molecule has 0 saturated heterocycles. The first-order valence-electron chi connectivity index (χ1n) is 5.66. The smallest absolute Gasteiger partial charge is 0.248 e. The predicted molar refractivity (Wildman–Crippen MR) is 66.2 cm³/mol. The van der Waals surface area contributed by atoms with Crippen molar-refractivity contribution in [1.29, 1.82) is 0 Å². The molecule has 1 amide bonds. The molecule has 86 valence electrons. The molecule has 17 heavy (non-hydrogen) atoms. The largest absolute Gasteiger partial charge is 0.366 e. The maximum Gasteiger partial charge on any atom is 0.248 e. The van der Waals surface area contributed by atoms with Gasteiger partial charge in [-0.25, -0.2) is 0 Å². The summed E-state index contributed by atoms with van der Waals surface area (Å²) in [6, 6.07) is 5.46. The Morgan fingerprint density at radius 1 is 1.41 bits per heavy atom. The van der Waals surface area contributed by atoms with Gasteiger partial charge in [-0.3, -0.25) is 9.79 Å². The molecule has 2 N–H and O–H groups in total. The van der Waals surface area contributed by atoms with E-state index >= 15 is 0 Å². The van der Waals surface area contributed by atoms with E-state index in [0.29, 0.717) is 5.56 Å². The number of amides is 1. The second-order valence-corrected chi connectivity index (χ2v) is 4.31. The molecule has 0 fully saturated rings. The van der Waals surface area contributed by atoms with Crippen LogP contribution in [0.15, 0.2) is 35.0 Å². The van der Waals surface area contributed by atoms with Gasteiger partial charge in [-0.05, 0) is 24.1 Å². The lowest BCUT2D eigenvalue weighted by Gasteiger charge is -2.18. The molecule has 0 bridgehead atoms. The topological polar surface area (TPSA) is 58.7 Å². The van der Waals surface area contributed by atoms with Crippen molar-refractivity contribution < 1.29 is 4.79 Å². The van der Waals surface area contributed by atoms with Crippen molar-refractivity contribution in [2.45, 2.75) is 13.0 Å². The minimum Gasteiger partial charge on any atom is -0.366 e. The Balaban J connectivity index is 2.04. The highest BCUT2D eigenvalue weighted by Gasteiger charge is 2.18. The predicted octanol–water partition coefficient (Wildman–Crippen LogP) is 1.59. The molecule has 0 unspecified atom stereocenters. The van der Waals surface area contributed by atoms with Gasteiger partial charge in [0.25, 0.3) is 0 Å². The highest BCUT2D eigenvalue weighted by atomic mass is 16.1. The molecule has 0 radical (unpaired) electrons. The second-order valence-electron chi connectivity index (χ2n) is 4.31. The molecule has 0 aromatic heterocycles. The number of aliphatic imine (C=N–C) groups is 1. The number of rotatable bonds is 1. The summed E-state index contributed by atoms with van der Waals surface area (Å²) in [5, 5.41) is 0. The maximum atomic E-state index is 11.1. The van der Waals surface area contributed by atoms with Gasteiger partial charge in [-0.15, -0.1) is 0 Å². The number of benzene rings is 1. The summed E-state index contributed by atoms with van der Waals surface area (Å²) in [6.45, 7) is 1.89. The molecule has 4 nitrogen and oxygen atoms in total. The minimum absolute atomic E-state index is 0.410. The van der Waals surface area contributed by atoms with Gasteiger partial charge in [0.1, 0.15) is 0 Å². The molecule has 0 aliphatic carbocycles. The number of primary amides is 1. The Morgan fingerprint density at radius 3 is 3.12 bits per heavy atom. The molecule has 1 aromatic rings. The molecular weight excluding hydrogens is 214 g/mol. The van der Waals surface area contributed by atoms with Crippen molar-refractivity contribution in [3.05, 3.63) is 41.1 Å². The van der Waals surface area contributed by atoms with E-state index in [2.05, 4.69) is 16.0 Å². The Kier molecular flexibility index (Phi) is 2.21. The van der Waals surface area contributed by atoms with Gasteiger partial charge in [0.2, 0.25) is 5.91 Å². The summed E-state index contributed by atoms with van der Waals surface area (Å²) < 4.78 is 0. The molecule has 1 aromatic carbocycles. The fraction of sp³-hybridized carbons (Fsp3) is 0.231. The molecule has 2 aliphatic rings. The fourth-order valence-electron chi connectivity index (χ4n) is 2.24. The Morgan fingerprint density at radius 2 is 2.29 bits per heavy atom. The van der Waals surface area contributed by atoms with E-state index in [-0.39, 0.29) is 0 Å². The number of hydrogen-bond acceptors (Lipinski definition) is 3. The molecular formula is C13H13N3O. The van der Waals surface area contributed by atoms with Gasteiger partial charge >= 0.3 is 0 Å². The van der Waals surface area contributed by atoms with E-state index in [1.165, 1.54) is 5.70 Å². The Labute approximate surface area is 99.4 Å². The van der Waals surface area contributed by atoms with Crippen LogP contribution < -0.4 is 5.73 Å². The van der Waals surface area contributed by atoms with Crippen LogP contribution in [-0.2, 0) is 6.54 Å². The minimum atomic E-state index is -0.410. The van der Waals surface area contributed by atoms with E-state index < -0.39 is 5.91 Å².